The van der Waals surface area contributed by atoms with Crippen molar-refractivity contribution in [3.8, 4) is 0 Å². The summed E-state index contributed by atoms with van der Waals surface area (Å²) < 4.78 is 5.05. The third-order valence-corrected chi connectivity index (χ3v) is 5.73. The summed E-state index contributed by atoms with van der Waals surface area (Å²) in [5.41, 5.74) is 2.69. The minimum absolute atomic E-state index is 0.101. The number of hydrogen-bond donors (Lipinski definition) is 2. The number of carbonyl (C=O) groups is 3. The first-order valence-electron chi connectivity index (χ1n) is 9.77. The molecule has 1 atom stereocenters. The summed E-state index contributed by atoms with van der Waals surface area (Å²) in [6.45, 7) is 4.58. The number of fused-ring (bicyclic) bond motifs is 1. The lowest BCUT2D eigenvalue weighted by atomic mass is 10.0. The minimum atomic E-state index is -0.566. The zero-order valence-corrected chi connectivity index (χ0v) is 16.1. The quantitative estimate of drug-likeness (QED) is 0.501. The molecule has 2 saturated heterocycles. The van der Waals surface area contributed by atoms with E-state index in [9.17, 15) is 14.4 Å². The van der Waals surface area contributed by atoms with Gasteiger partial charge in [-0.2, -0.15) is 0 Å². The Balaban J connectivity index is 1.40. The minimum Gasteiger partial charge on any atom is -0.383 e. The van der Waals surface area contributed by atoms with Gasteiger partial charge in [-0.3, -0.25) is 24.6 Å². The SMILES string of the molecule is COCCNC1CN(Cc2cccc3c2C(=O)N(C2CCC(=O)NC2=O)C3)C1. The summed E-state index contributed by atoms with van der Waals surface area (Å²) in [6.07, 6.45) is 0.662. The second kappa shape index (κ2) is 7.98. The summed E-state index contributed by atoms with van der Waals surface area (Å²) in [7, 11) is 1.69. The van der Waals surface area contributed by atoms with Crippen molar-refractivity contribution in [2.24, 2.45) is 0 Å². The van der Waals surface area contributed by atoms with Gasteiger partial charge in [0.15, 0.2) is 0 Å². The van der Waals surface area contributed by atoms with Crippen LogP contribution >= 0.6 is 0 Å². The van der Waals surface area contributed by atoms with Crippen molar-refractivity contribution in [1.29, 1.82) is 0 Å². The van der Waals surface area contributed by atoms with Crippen LogP contribution in [0.4, 0.5) is 0 Å². The van der Waals surface area contributed by atoms with E-state index < -0.39 is 6.04 Å². The third-order valence-electron chi connectivity index (χ3n) is 5.73. The molecule has 3 amide bonds. The first-order valence-corrected chi connectivity index (χ1v) is 9.77. The molecular formula is C20H26N4O4. The van der Waals surface area contributed by atoms with Crippen LogP contribution < -0.4 is 10.6 Å². The van der Waals surface area contributed by atoms with Crippen molar-refractivity contribution in [2.45, 2.75) is 38.0 Å². The second-order valence-electron chi connectivity index (χ2n) is 7.69. The Labute approximate surface area is 164 Å². The Kier molecular flexibility index (Phi) is 5.43. The maximum Gasteiger partial charge on any atom is 0.255 e. The van der Waals surface area contributed by atoms with E-state index in [0.29, 0.717) is 25.6 Å². The number of methoxy groups -OCH3 is 1. The molecule has 1 aromatic carbocycles. The van der Waals surface area contributed by atoms with E-state index in [2.05, 4.69) is 15.5 Å². The fourth-order valence-electron chi connectivity index (χ4n) is 4.26. The average Bonchev–Trinajstić information content (AvgIpc) is 2.97. The van der Waals surface area contributed by atoms with Crippen LogP contribution in [0, 0.1) is 0 Å². The van der Waals surface area contributed by atoms with Crippen molar-refractivity contribution in [1.82, 2.24) is 20.4 Å². The lowest BCUT2D eigenvalue weighted by Crippen LogP contribution is -2.57. The predicted molar refractivity (Wildman–Crippen MR) is 101 cm³/mol. The van der Waals surface area contributed by atoms with E-state index in [1.807, 2.05) is 18.2 Å². The number of nitrogens with one attached hydrogen (secondary N) is 2. The molecule has 0 saturated carbocycles. The average molecular weight is 386 g/mol. The zero-order chi connectivity index (χ0) is 19.7. The van der Waals surface area contributed by atoms with Crippen LogP contribution in [0.25, 0.3) is 0 Å². The molecule has 8 nitrogen and oxygen atoms in total. The fourth-order valence-corrected chi connectivity index (χ4v) is 4.26. The molecule has 4 rings (SSSR count). The molecule has 0 aliphatic carbocycles. The van der Waals surface area contributed by atoms with Gasteiger partial charge in [0.1, 0.15) is 6.04 Å². The van der Waals surface area contributed by atoms with E-state index in [0.717, 1.165) is 42.9 Å². The van der Waals surface area contributed by atoms with Crippen LogP contribution in [0.5, 0.6) is 0 Å². The molecule has 0 aromatic heterocycles. The number of hydrogen-bond acceptors (Lipinski definition) is 6. The molecule has 1 aromatic rings. The van der Waals surface area contributed by atoms with Crippen LogP contribution in [0.3, 0.4) is 0 Å². The number of imide groups is 1. The normalized spacial score (nSPS) is 23.0. The van der Waals surface area contributed by atoms with Gasteiger partial charge in [0.25, 0.3) is 5.91 Å². The van der Waals surface area contributed by atoms with E-state index in [4.69, 9.17) is 4.74 Å². The van der Waals surface area contributed by atoms with E-state index in [1.165, 1.54) is 0 Å². The molecule has 2 N–H and O–H groups in total. The highest BCUT2D eigenvalue weighted by atomic mass is 16.5. The predicted octanol–water partition coefficient (Wildman–Crippen LogP) is -0.132. The van der Waals surface area contributed by atoms with Crippen LogP contribution in [0.15, 0.2) is 18.2 Å². The number of piperidine rings is 1. The molecular weight excluding hydrogens is 360 g/mol. The van der Waals surface area contributed by atoms with Crippen molar-refractivity contribution in [3.05, 3.63) is 34.9 Å². The summed E-state index contributed by atoms with van der Waals surface area (Å²) in [4.78, 5) is 40.6. The molecule has 28 heavy (non-hydrogen) atoms. The molecule has 3 aliphatic rings. The zero-order valence-electron chi connectivity index (χ0n) is 16.1. The van der Waals surface area contributed by atoms with Gasteiger partial charge in [-0.1, -0.05) is 18.2 Å². The Morgan fingerprint density at radius 2 is 2.07 bits per heavy atom. The molecule has 1 unspecified atom stereocenters. The number of nitrogens with zero attached hydrogens (tertiary/aromatic N) is 2. The topological polar surface area (TPSA) is 91.0 Å². The standard InChI is InChI=1S/C20H26N4O4/c1-28-8-7-21-15-11-23(12-15)9-13-3-2-4-14-10-24(20(27)18(13)14)16-5-6-17(25)22-19(16)26/h2-4,15-16,21H,5-12H2,1H3,(H,22,25,26). The first-order chi connectivity index (χ1) is 13.6. The maximum absolute atomic E-state index is 13.1. The summed E-state index contributed by atoms with van der Waals surface area (Å²) in [6, 6.07) is 5.82. The lowest BCUT2D eigenvalue weighted by molar-refractivity contribution is -0.136. The second-order valence-corrected chi connectivity index (χ2v) is 7.69. The maximum atomic E-state index is 13.1. The molecule has 0 radical (unpaired) electrons. The number of carbonyl (C=O) groups excluding carboxylic acids is 3. The molecule has 8 heteroatoms. The van der Waals surface area contributed by atoms with E-state index in [-0.39, 0.29) is 24.1 Å². The molecule has 3 aliphatic heterocycles. The fraction of sp³-hybridized carbons (Fsp3) is 0.550. The highest BCUT2D eigenvalue weighted by molar-refractivity contribution is 6.05. The van der Waals surface area contributed by atoms with E-state index in [1.54, 1.807) is 12.0 Å². The smallest absolute Gasteiger partial charge is 0.255 e. The van der Waals surface area contributed by atoms with Gasteiger partial charge < -0.3 is 15.0 Å². The first kappa shape index (κ1) is 19.0. The number of benzene rings is 1. The van der Waals surface area contributed by atoms with Crippen LogP contribution in [0.1, 0.15) is 34.3 Å². The molecule has 3 heterocycles. The van der Waals surface area contributed by atoms with Crippen molar-refractivity contribution in [3.63, 3.8) is 0 Å². The molecule has 150 valence electrons. The van der Waals surface area contributed by atoms with Gasteiger partial charge >= 0.3 is 0 Å². The number of amides is 3. The van der Waals surface area contributed by atoms with Crippen LogP contribution in [-0.2, 0) is 27.4 Å². The number of rotatable bonds is 7. The Bertz CT molecular complexity index is 790. The monoisotopic (exact) mass is 386 g/mol. The van der Waals surface area contributed by atoms with Crippen molar-refractivity contribution < 1.29 is 19.1 Å². The highest BCUT2D eigenvalue weighted by Gasteiger charge is 2.40. The van der Waals surface area contributed by atoms with E-state index >= 15 is 0 Å². The van der Waals surface area contributed by atoms with Gasteiger partial charge in [0.2, 0.25) is 11.8 Å². The summed E-state index contributed by atoms with van der Waals surface area (Å²) >= 11 is 0. The van der Waals surface area contributed by atoms with Gasteiger partial charge in [-0.15, -0.1) is 0 Å². The van der Waals surface area contributed by atoms with Gasteiger partial charge in [-0.05, 0) is 17.5 Å². The van der Waals surface area contributed by atoms with Crippen molar-refractivity contribution in [2.75, 3.05) is 33.4 Å². The van der Waals surface area contributed by atoms with Gasteiger partial charge in [0, 0.05) is 57.9 Å². The number of ether oxygens (including phenoxy) is 1. The van der Waals surface area contributed by atoms with Gasteiger partial charge in [0.05, 0.1) is 6.61 Å². The molecule has 0 bridgehead atoms. The van der Waals surface area contributed by atoms with Crippen LogP contribution in [-0.4, -0.2) is 73.0 Å². The summed E-state index contributed by atoms with van der Waals surface area (Å²) in [5.74, 6) is -0.736. The Morgan fingerprint density at radius 1 is 1.25 bits per heavy atom. The highest BCUT2D eigenvalue weighted by Crippen LogP contribution is 2.31. The van der Waals surface area contributed by atoms with Crippen molar-refractivity contribution >= 4 is 17.7 Å². The third kappa shape index (κ3) is 3.67. The van der Waals surface area contributed by atoms with Gasteiger partial charge in [-0.25, -0.2) is 0 Å². The molecule has 0 spiro atoms. The molecule has 2 fully saturated rings. The lowest BCUT2D eigenvalue weighted by Gasteiger charge is -2.40. The van der Waals surface area contributed by atoms with Crippen LogP contribution in [0.2, 0.25) is 0 Å². The Morgan fingerprint density at radius 3 is 2.82 bits per heavy atom. The Hall–Kier alpha value is -2.29. The summed E-state index contributed by atoms with van der Waals surface area (Å²) in [5, 5.41) is 5.79. The largest absolute Gasteiger partial charge is 0.383 e. The number of likely N-dealkylation sites (tertiary alicyclic amines) is 1.